The van der Waals surface area contributed by atoms with Crippen molar-refractivity contribution < 1.29 is 14.3 Å². The fourth-order valence-electron chi connectivity index (χ4n) is 2.78. The van der Waals surface area contributed by atoms with Crippen LogP contribution >= 0.6 is 0 Å². The van der Waals surface area contributed by atoms with Gasteiger partial charge in [-0.25, -0.2) is 4.79 Å². The number of pyridine rings is 1. The Balaban J connectivity index is 1.72. The van der Waals surface area contributed by atoms with Crippen molar-refractivity contribution >= 4 is 34.2 Å². The van der Waals surface area contributed by atoms with Gasteiger partial charge in [0.2, 0.25) is 0 Å². The Kier molecular flexibility index (Phi) is 6.09. The summed E-state index contributed by atoms with van der Waals surface area (Å²) in [5.74, 6) is 0.464. The number of methoxy groups -OCH3 is 1. The highest BCUT2D eigenvalue weighted by Gasteiger charge is 2.13. The highest BCUT2D eigenvalue weighted by molar-refractivity contribution is 6.07. The number of benzene rings is 2. The Hall–Kier alpha value is -3.87. The number of anilines is 2. The Labute approximate surface area is 168 Å². The van der Waals surface area contributed by atoms with Crippen LogP contribution in [-0.2, 0) is 0 Å². The summed E-state index contributed by atoms with van der Waals surface area (Å²) in [4.78, 5) is 28.9. The van der Waals surface area contributed by atoms with Crippen LogP contribution in [0.1, 0.15) is 16.1 Å². The number of aromatic nitrogens is 1. The average Bonchev–Trinajstić information content (AvgIpc) is 2.72. The summed E-state index contributed by atoms with van der Waals surface area (Å²) in [6, 6.07) is 13.9. The smallest absolute Gasteiger partial charge is 0.319 e. The molecule has 1 heterocycles. The molecule has 0 saturated heterocycles. The van der Waals surface area contributed by atoms with Gasteiger partial charge in [0, 0.05) is 29.4 Å². The summed E-state index contributed by atoms with van der Waals surface area (Å²) >= 11 is 0. The number of nitrogens with zero attached hydrogens (tertiary/aromatic N) is 1. The van der Waals surface area contributed by atoms with E-state index in [1.54, 1.807) is 44.4 Å². The second-order valence-corrected chi connectivity index (χ2v) is 6.34. The summed E-state index contributed by atoms with van der Waals surface area (Å²) in [5, 5.41) is 9.03. The maximum absolute atomic E-state index is 12.7. The molecule has 0 fully saturated rings. The third-order valence-corrected chi connectivity index (χ3v) is 4.27. The molecule has 3 rings (SSSR count). The minimum atomic E-state index is -0.323. The van der Waals surface area contributed by atoms with Gasteiger partial charge in [-0.3, -0.25) is 9.78 Å². The third-order valence-electron chi connectivity index (χ3n) is 4.27. The number of rotatable bonds is 6. The number of amides is 3. The van der Waals surface area contributed by atoms with Gasteiger partial charge in [0.25, 0.3) is 5.91 Å². The van der Waals surface area contributed by atoms with Crippen molar-refractivity contribution in [2.75, 3.05) is 24.3 Å². The second-order valence-electron chi connectivity index (χ2n) is 6.34. The van der Waals surface area contributed by atoms with Crippen LogP contribution in [0.25, 0.3) is 10.9 Å². The Bertz CT molecular complexity index is 1060. The third kappa shape index (κ3) is 4.90. The van der Waals surface area contributed by atoms with Gasteiger partial charge in [-0.15, -0.1) is 6.58 Å². The number of urea groups is 1. The van der Waals surface area contributed by atoms with E-state index in [0.29, 0.717) is 34.9 Å². The number of carbonyl (C=O) groups is 2. The standard InChI is InChI=1S/C22H22N4O3/c1-4-11-23-22(28)26-17-8-6-16(7-9-17)25-21(27)19-12-15-5-10-18(29-3)13-20(15)24-14(19)2/h4-10,12-13H,1,11H2,2-3H3,(H,25,27)(H2,23,26,28). The Morgan fingerprint density at radius 3 is 2.41 bits per heavy atom. The molecule has 0 unspecified atom stereocenters. The monoisotopic (exact) mass is 390 g/mol. The predicted molar refractivity (Wildman–Crippen MR) is 115 cm³/mol. The summed E-state index contributed by atoms with van der Waals surface area (Å²) in [6.07, 6.45) is 1.60. The van der Waals surface area contributed by atoms with Crippen LogP contribution in [0.5, 0.6) is 5.75 Å². The molecule has 1 aromatic heterocycles. The maximum atomic E-state index is 12.7. The molecule has 7 nitrogen and oxygen atoms in total. The van der Waals surface area contributed by atoms with Gasteiger partial charge in [0.05, 0.1) is 23.9 Å². The fraction of sp³-hybridized carbons (Fsp3) is 0.136. The topological polar surface area (TPSA) is 92.4 Å². The number of ether oxygens (including phenoxy) is 1. The molecule has 0 radical (unpaired) electrons. The minimum absolute atomic E-state index is 0.253. The number of hydrogen-bond acceptors (Lipinski definition) is 4. The van der Waals surface area contributed by atoms with Crippen LogP contribution in [0.3, 0.4) is 0 Å². The lowest BCUT2D eigenvalue weighted by atomic mass is 10.1. The summed E-state index contributed by atoms with van der Waals surface area (Å²) in [5.41, 5.74) is 3.11. The van der Waals surface area contributed by atoms with Crippen LogP contribution in [0.15, 0.2) is 61.2 Å². The lowest BCUT2D eigenvalue weighted by molar-refractivity contribution is 0.102. The van der Waals surface area contributed by atoms with E-state index in [-0.39, 0.29) is 11.9 Å². The van der Waals surface area contributed by atoms with Gasteiger partial charge in [-0.1, -0.05) is 6.08 Å². The molecule has 3 aromatic rings. The van der Waals surface area contributed by atoms with Crippen molar-refractivity contribution in [3.8, 4) is 5.75 Å². The van der Waals surface area contributed by atoms with Crippen molar-refractivity contribution in [3.05, 3.63) is 72.4 Å². The van der Waals surface area contributed by atoms with Gasteiger partial charge in [0.1, 0.15) is 5.75 Å². The number of carbonyl (C=O) groups excluding carboxylic acids is 2. The van der Waals surface area contributed by atoms with Crippen LogP contribution < -0.4 is 20.7 Å². The second kappa shape index (κ2) is 8.88. The Morgan fingerprint density at radius 1 is 1.07 bits per heavy atom. The van der Waals surface area contributed by atoms with E-state index >= 15 is 0 Å². The lowest BCUT2D eigenvalue weighted by Crippen LogP contribution is -2.28. The number of fused-ring (bicyclic) bond motifs is 1. The van der Waals surface area contributed by atoms with Crippen LogP contribution in [0.2, 0.25) is 0 Å². The van der Waals surface area contributed by atoms with Crippen molar-refractivity contribution in [2.45, 2.75) is 6.92 Å². The quantitative estimate of drug-likeness (QED) is 0.552. The molecule has 0 saturated carbocycles. The summed E-state index contributed by atoms with van der Waals surface area (Å²) < 4.78 is 5.22. The van der Waals surface area contributed by atoms with E-state index in [2.05, 4.69) is 27.5 Å². The molecule has 29 heavy (non-hydrogen) atoms. The molecule has 0 aliphatic rings. The summed E-state index contributed by atoms with van der Waals surface area (Å²) in [6.45, 7) is 5.72. The highest BCUT2D eigenvalue weighted by Crippen LogP contribution is 2.22. The SMILES string of the molecule is C=CCNC(=O)Nc1ccc(NC(=O)c2cc3ccc(OC)cc3nc2C)cc1. The zero-order valence-electron chi connectivity index (χ0n) is 16.3. The number of nitrogens with one attached hydrogen (secondary N) is 3. The van der Waals surface area contributed by atoms with E-state index in [4.69, 9.17) is 4.74 Å². The van der Waals surface area contributed by atoms with E-state index in [1.807, 2.05) is 24.3 Å². The van der Waals surface area contributed by atoms with Crippen molar-refractivity contribution in [1.82, 2.24) is 10.3 Å². The first-order valence-corrected chi connectivity index (χ1v) is 9.02. The summed E-state index contributed by atoms with van der Waals surface area (Å²) in [7, 11) is 1.60. The first-order valence-electron chi connectivity index (χ1n) is 9.02. The molecule has 0 aliphatic carbocycles. The van der Waals surface area contributed by atoms with Crippen LogP contribution in [0.4, 0.5) is 16.2 Å². The van der Waals surface area contributed by atoms with Crippen LogP contribution in [-0.4, -0.2) is 30.6 Å². The largest absolute Gasteiger partial charge is 0.497 e. The number of aryl methyl sites for hydroxylation is 1. The van der Waals surface area contributed by atoms with Crippen molar-refractivity contribution in [1.29, 1.82) is 0 Å². The van der Waals surface area contributed by atoms with Gasteiger partial charge in [-0.05, 0) is 49.4 Å². The van der Waals surface area contributed by atoms with E-state index in [0.717, 1.165) is 10.9 Å². The Morgan fingerprint density at radius 2 is 1.76 bits per heavy atom. The first kappa shape index (κ1) is 19.9. The molecular weight excluding hydrogens is 368 g/mol. The maximum Gasteiger partial charge on any atom is 0.319 e. The average molecular weight is 390 g/mol. The lowest BCUT2D eigenvalue weighted by Gasteiger charge is -2.11. The molecule has 3 amide bonds. The van der Waals surface area contributed by atoms with Gasteiger partial charge < -0.3 is 20.7 Å². The van der Waals surface area contributed by atoms with E-state index < -0.39 is 0 Å². The first-order chi connectivity index (χ1) is 14.0. The molecule has 3 N–H and O–H groups in total. The van der Waals surface area contributed by atoms with Gasteiger partial charge >= 0.3 is 6.03 Å². The van der Waals surface area contributed by atoms with E-state index in [9.17, 15) is 9.59 Å². The van der Waals surface area contributed by atoms with Gasteiger partial charge in [0.15, 0.2) is 0 Å². The molecule has 7 heteroatoms. The molecule has 0 atom stereocenters. The molecule has 0 aliphatic heterocycles. The zero-order valence-corrected chi connectivity index (χ0v) is 16.3. The fourth-order valence-corrected chi connectivity index (χ4v) is 2.78. The predicted octanol–water partition coefficient (Wildman–Crippen LogP) is 4.11. The highest BCUT2D eigenvalue weighted by atomic mass is 16.5. The molecular formula is C22H22N4O3. The molecule has 2 aromatic carbocycles. The van der Waals surface area contributed by atoms with E-state index in [1.165, 1.54) is 0 Å². The minimum Gasteiger partial charge on any atom is -0.497 e. The molecule has 0 spiro atoms. The van der Waals surface area contributed by atoms with Crippen molar-refractivity contribution in [2.24, 2.45) is 0 Å². The van der Waals surface area contributed by atoms with Crippen LogP contribution in [0, 0.1) is 6.92 Å². The van der Waals surface area contributed by atoms with Gasteiger partial charge in [-0.2, -0.15) is 0 Å². The molecule has 148 valence electrons. The molecule has 0 bridgehead atoms. The zero-order chi connectivity index (χ0) is 20.8. The normalized spacial score (nSPS) is 10.3. The van der Waals surface area contributed by atoms with Crippen molar-refractivity contribution in [3.63, 3.8) is 0 Å². The number of hydrogen-bond donors (Lipinski definition) is 3.